The van der Waals surface area contributed by atoms with Gasteiger partial charge in [0.15, 0.2) is 0 Å². The van der Waals surface area contributed by atoms with Crippen molar-refractivity contribution in [3.63, 3.8) is 0 Å². The van der Waals surface area contributed by atoms with Crippen molar-refractivity contribution in [3.05, 3.63) is 0 Å². The third-order valence-electron chi connectivity index (χ3n) is 0.365. The van der Waals surface area contributed by atoms with E-state index < -0.39 is 0 Å². The van der Waals surface area contributed by atoms with Crippen LogP contribution >= 0.6 is 0 Å². The summed E-state index contributed by atoms with van der Waals surface area (Å²) in [4.78, 5) is 0. The fourth-order valence-corrected chi connectivity index (χ4v) is 0. The maximum absolute atomic E-state index is 8.14. The van der Waals surface area contributed by atoms with Crippen LogP contribution in [0.1, 0.15) is 13.8 Å². The zero-order chi connectivity index (χ0) is 4.28. The summed E-state index contributed by atoms with van der Waals surface area (Å²) in [6.07, 6.45) is 0. The van der Waals surface area contributed by atoms with Crippen LogP contribution in [0.2, 0.25) is 0 Å². The minimum Gasteiger partial charge on any atom is -0.396 e. The Labute approximate surface area is 53.6 Å². The first-order chi connectivity index (χ1) is 2.27. The Bertz CT molecular complexity index is 21.5. The van der Waals surface area contributed by atoms with E-state index in [0.29, 0.717) is 12.5 Å². The van der Waals surface area contributed by atoms with E-state index in [0.717, 1.165) is 0 Å². The number of hydrogen-bond acceptors (Lipinski definition) is 1. The summed E-state index contributed by atoms with van der Waals surface area (Å²) in [5, 5.41) is 8.14. The van der Waals surface area contributed by atoms with Gasteiger partial charge < -0.3 is 5.11 Å². The van der Waals surface area contributed by atoms with Crippen LogP contribution in [-0.4, -0.2) is 11.7 Å². The molecule has 32 valence electrons. The molecule has 0 aromatic carbocycles. The Morgan fingerprint density at radius 3 is 1.67 bits per heavy atom. The first kappa shape index (κ1) is 9.84. The molecule has 0 fully saturated rings. The molecule has 0 aromatic rings. The molecule has 0 unspecified atom stereocenters. The SMILES string of the molecule is CC(C)CO.[Ti+4]. The molecule has 0 aromatic heterocycles. The van der Waals surface area contributed by atoms with Gasteiger partial charge in [-0.2, -0.15) is 0 Å². The predicted octanol–water partition coefficient (Wildman–Crippen LogP) is 0.632. The van der Waals surface area contributed by atoms with Gasteiger partial charge in [0.05, 0.1) is 0 Å². The van der Waals surface area contributed by atoms with Gasteiger partial charge in [0, 0.05) is 6.61 Å². The maximum atomic E-state index is 8.14. The first-order valence-corrected chi connectivity index (χ1v) is 1.88. The van der Waals surface area contributed by atoms with Crippen LogP contribution in [0.15, 0.2) is 0 Å². The van der Waals surface area contributed by atoms with Gasteiger partial charge >= 0.3 is 21.7 Å². The molecular formula is C4H10OTi+4. The third kappa shape index (κ3) is 8.82. The molecule has 0 saturated carbocycles. The van der Waals surface area contributed by atoms with Gasteiger partial charge in [-0.25, -0.2) is 0 Å². The van der Waals surface area contributed by atoms with E-state index in [-0.39, 0.29) is 21.7 Å². The minimum absolute atomic E-state index is 0. The molecule has 6 heavy (non-hydrogen) atoms. The Balaban J connectivity index is 0. The Hall–Kier alpha value is 0.674. The summed E-state index contributed by atoms with van der Waals surface area (Å²) in [6, 6.07) is 0. The molecule has 0 aliphatic rings. The van der Waals surface area contributed by atoms with E-state index in [9.17, 15) is 0 Å². The molecule has 0 atom stereocenters. The summed E-state index contributed by atoms with van der Waals surface area (Å²) in [5.41, 5.74) is 0. The molecule has 0 saturated heterocycles. The largest absolute Gasteiger partial charge is 4.00 e. The molecule has 1 N–H and O–H groups in total. The van der Waals surface area contributed by atoms with Gasteiger partial charge in [-0.15, -0.1) is 0 Å². The van der Waals surface area contributed by atoms with Crippen molar-refractivity contribution in [3.8, 4) is 0 Å². The van der Waals surface area contributed by atoms with Crippen LogP contribution in [0.4, 0.5) is 0 Å². The number of rotatable bonds is 1. The second-order valence-corrected chi connectivity index (χ2v) is 1.58. The van der Waals surface area contributed by atoms with Crippen LogP contribution in [0, 0.1) is 5.92 Å². The van der Waals surface area contributed by atoms with Crippen LogP contribution in [-0.2, 0) is 21.7 Å². The monoisotopic (exact) mass is 122 g/mol. The van der Waals surface area contributed by atoms with Crippen LogP contribution in [0.25, 0.3) is 0 Å². The summed E-state index contributed by atoms with van der Waals surface area (Å²) in [7, 11) is 0. The molecule has 0 bridgehead atoms. The van der Waals surface area contributed by atoms with Crippen molar-refractivity contribution in [1.29, 1.82) is 0 Å². The standard InChI is InChI=1S/C4H10O.Ti/c1-4(2)3-5;/h4-5H,3H2,1-2H3;/q;+4. The van der Waals surface area contributed by atoms with Crippen molar-refractivity contribution < 1.29 is 26.8 Å². The fourth-order valence-electron chi connectivity index (χ4n) is 0. The average Bonchev–Trinajstić information content (AvgIpc) is 1.38. The summed E-state index contributed by atoms with van der Waals surface area (Å²) in [6.45, 7) is 4.25. The van der Waals surface area contributed by atoms with Crippen molar-refractivity contribution in [1.82, 2.24) is 0 Å². The molecule has 0 radical (unpaired) electrons. The second kappa shape index (κ2) is 5.67. The van der Waals surface area contributed by atoms with Gasteiger partial charge in [-0.1, -0.05) is 13.8 Å². The van der Waals surface area contributed by atoms with Crippen LogP contribution < -0.4 is 0 Å². The normalized spacial score (nSPS) is 8.00. The van der Waals surface area contributed by atoms with E-state index in [1.54, 1.807) is 0 Å². The molecule has 2 heteroatoms. The number of aliphatic hydroxyl groups is 1. The molecule has 0 amide bonds. The van der Waals surface area contributed by atoms with Crippen molar-refractivity contribution in [2.45, 2.75) is 13.8 Å². The predicted molar refractivity (Wildman–Crippen MR) is 21.9 cm³/mol. The second-order valence-electron chi connectivity index (χ2n) is 1.58. The smallest absolute Gasteiger partial charge is 0.396 e. The Kier molecular flexibility index (Phi) is 9.30. The van der Waals surface area contributed by atoms with Gasteiger partial charge in [0.1, 0.15) is 0 Å². The van der Waals surface area contributed by atoms with Crippen molar-refractivity contribution >= 4 is 0 Å². The molecule has 0 aliphatic heterocycles. The fraction of sp³-hybridized carbons (Fsp3) is 1.00. The Morgan fingerprint density at radius 2 is 1.67 bits per heavy atom. The summed E-state index contributed by atoms with van der Waals surface area (Å²) < 4.78 is 0. The molecule has 0 aliphatic carbocycles. The molecule has 1 nitrogen and oxygen atoms in total. The zero-order valence-corrected chi connectivity index (χ0v) is 5.79. The van der Waals surface area contributed by atoms with Crippen LogP contribution in [0.3, 0.4) is 0 Å². The quantitative estimate of drug-likeness (QED) is 0.505. The average molecular weight is 122 g/mol. The summed E-state index contributed by atoms with van der Waals surface area (Å²) in [5.74, 6) is 0.440. The van der Waals surface area contributed by atoms with E-state index in [4.69, 9.17) is 5.11 Å². The van der Waals surface area contributed by atoms with Gasteiger partial charge in [-0.3, -0.25) is 0 Å². The Morgan fingerprint density at radius 1 is 1.50 bits per heavy atom. The van der Waals surface area contributed by atoms with Crippen LogP contribution in [0.5, 0.6) is 0 Å². The van der Waals surface area contributed by atoms with E-state index >= 15 is 0 Å². The first-order valence-electron chi connectivity index (χ1n) is 1.88. The van der Waals surface area contributed by atoms with E-state index in [1.807, 2.05) is 13.8 Å². The topological polar surface area (TPSA) is 20.2 Å². The van der Waals surface area contributed by atoms with Crippen molar-refractivity contribution in [2.24, 2.45) is 5.92 Å². The number of aliphatic hydroxyl groups excluding tert-OH is 1. The van der Waals surface area contributed by atoms with Gasteiger partial charge in [0.25, 0.3) is 0 Å². The molecule has 0 spiro atoms. The van der Waals surface area contributed by atoms with Crippen molar-refractivity contribution in [2.75, 3.05) is 6.61 Å². The van der Waals surface area contributed by atoms with Gasteiger partial charge in [-0.05, 0) is 5.92 Å². The molecule has 0 rings (SSSR count). The minimum atomic E-state index is 0. The van der Waals surface area contributed by atoms with Gasteiger partial charge in [0.2, 0.25) is 0 Å². The molecule has 0 heterocycles. The zero-order valence-electron chi connectivity index (χ0n) is 4.23. The van der Waals surface area contributed by atoms with E-state index in [1.165, 1.54) is 0 Å². The number of hydrogen-bond donors (Lipinski definition) is 1. The summed E-state index contributed by atoms with van der Waals surface area (Å²) >= 11 is 0. The third-order valence-corrected chi connectivity index (χ3v) is 0.365. The molecular weight excluding hydrogens is 112 g/mol. The maximum Gasteiger partial charge on any atom is 4.00 e. The van der Waals surface area contributed by atoms with E-state index in [2.05, 4.69) is 0 Å².